The molecular formula is C17H23ClN2O2. The highest BCUT2D eigenvalue weighted by Gasteiger charge is 2.41. The Morgan fingerprint density at radius 3 is 2.86 bits per heavy atom. The summed E-state index contributed by atoms with van der Waals surface area (Å²) in [5.41, 5.74) is 1.32. The molecule has 2 aliphatic heterocycles. The van der Waals surface area contributed by atoms with Gasteiger partial charge in [0.15, 0.2) is 0 Å². The first kappa shape index (κ1) is 15.6. The molecule has 0 aliphatic carbocycles. The van der Waals surface area contributed by atoms with E-state index in [-0.39, 0.29) is 17.5 Å². The summed E-state index contributed by atoms with van der Waals surface area (Å²) in [7, 11) is 0. The number of urea groups is 1. The SMILES string of the molecule is C[C@H](NC(=O)N1CCC2(CCOCC2)C1)c1cccc(Cl)c1. The first-order valence-corrected chi connectivity index (χ1v) is 8.34. The van der Waals surface area contributed by atoms with Crippen LogP contribution in [0.1, 0.15) is 37.8 Å². The van der Waals surface area contributed by atoms with Crippen molar-refractivity contribution in [3.63, 3.8) is 0 Å². The monoisotopic (exact) mass is 322 g/mol. The lowest BCUT2D eigenvalue weighted by Gasteiger charge is -2.33. The van der Waals surface area contributed by atoms with Crippen LogP contribution >= 0.6 is 11.6 Å². The van der Waals surface area contributed by atoms with Gasteiger partial charge in [0.2, 0.25) is 0 Å². The summed E-state index contributed by atoms with van der Waals surface area (Å²) in [6.45, 7) is 5.34. The van der Waals surface area contributed by atoms with Crippen LogP contribution < -0.4 is 5.32 Å². The summed E-state index contributed by atoms with van der Waals surface area (Å²) in [5.74, 6) is 0. The number of amides is 2. The normalized spacial score (nSPS) is 21.8. The topological polar surface area (TPSA) is 41.6 Å². The molecule has 3 rings (SSSR count). The molecule has 2 heterocycles. The van der Waals surface area contributed by atoms with E-state index < -0.39 is 0 Å². The maximum absolute atomic E-state index is 12.5. The number of nitrogens with zero attached hydrogens (tertiary/aromatic N) is 1. The third kappa shape index (κ3) is 3.39. The first-order chi connectivity index (χ1) is 10.6. The van der Waals surface area contributed by atoms with Crippen molar-refractivity contribution in [2.24, 2.45) is 5.41 Å². The highest BCUT2D eigenvalue weighted by Crippen LogP contribution is 2.39. The number of rotatable bonds is 2. The average molecular weight is 323 g/mol. The molecule has 0 saturated carbocycles. The lowest BCUT2D eigenvalue weighted by Crippen LogP contribution is -2.41. The summed E-state index contributed by atoms with van der Waals surface area (Å²) >= 11 is 6.01. The molecule has 1 aromatic carbocycles. The molecule has 1 aromatic rings. The zero-order valence-electron chi connectivity index (χ0n) is 13.0. The molecule has 0 aromatic heterocycles. The van der Waals surface area contributed by atoms with E-state index in [0.717, 1.165) is 51.1 Å². The third-order valence-electron chi connectivity index (χ3n) is 4.97. The number of halogens is 1. The van der Waals surface area contributed by atoms with Crippen molar-refractivity contribution in [1.82, 2.24) is 10.2 Å². The molecule has 2 fully saturated rings. The molecule has 4 nitrogen and oxygen atoms in total. The summed E-state index contributed by atoms with van der Waals surface area (Å²) in [6.07, 6.45) is 3.23. The Morgan fingerprint density at radius 2 is 2.14 bits per heavy atom. The van der Waals surface area contributed by atoms with Crippen LogP contribution in [0.3, 0.4) is 0 Å². The van der Waals surface area contributed by atoms with Gasteiger partial charge in [-0.05, 0) is 49.3 Å². The van der Waals surface area contributed by atoms with E-state index in [0.29, 0.717) is 5.02 Å². The highest BCUT2D eigenvalue weighted by atomic mass is 35.5. The van der Waals surface area contributed by atoms with Crippen molar-refractivity contribution in [2.45, 2.75) is 32.2 Å². The number of ether oxygens (including phenoxy) is 1. The number of hydrogen-bond acceptors (Lipinski definition) is 2. The molecule has 120 valence electrons. The van der Waals surface area contributed by atoms with Crippen molar-refractivity contribution in [3.8, 4) is 0 Å². The molecule has 2 aliphatic rings. The van der Waals surface area contributed by atoms with Crippen LogP contribution in [0.4, 0.5) is 4.79 Å². The minimum Gasteiger partial charge on any atom is -0.381 e. The molecular weight excluding hydrogens is 300 g/mol. The Labute approximate surface area is 136 Å². The van der Waals surface area contributed by atoms with Gasteiger partial charge in [-0.15, -0.1) is 0 Å². The van der Waals surface area contributed by atoms with Crippen molar-refractivity contribution >= 4 is 17.6 Å². The van der Waals surface area contributed by atoms with E-state index >= 15 is 0 Å². The Hall–Kier alpha value is -1.26. The standard InChI is InChI=1S/C17H23ClN2O2/c1-13(14-3-2-4-15(18)11-14)19-16(21)20-8-5-17(12-20)6-9-22-10-7-17/h2-4,11,13H,5-10,12H2,1H3,(H,19,21)/t13-/m0/s1. The Morgan fingerprint density at radius 1 is 1.36 bits per heavy atom. The van der Waals surface area contributed by atoms with E-state index in [4.69, 9.17) is 16.3 Å². The molecule has 2 amide bonds. The molecule has 1 spiro atoms. The highest BCUT2D eigenvalue weighted by molar-refractivity contribution is 6.30. The predicted octanol–water partition coefficient (Wildman–Crippen LogP) is 3.61. The van der Waals surface area contributed by atoms with Crippen LogP contribution in [0.2, 0.25) is 5.02 Å². The fourth-order valence-corrected chi connectivity index (χ4v) is 3.66. The van der Waals surface area contributed by atoms with Gasteiger partial charge in [-0.1, -0.05) is 23.7 Å². The van der Waals surface area contributed by atoms with Gasteiger partial charge in [-0.2, -0.15) is 0 Å². The van der Waals surface area contributed by atoms with Gasteiger partial charge < -0.3 is 15.0 Å². The zero-order chi connectivity index (χ0) is 15.6. The number of benzene rings is 1. The number of carbonyl (C=O) groups is 1. The predicted molar refractivity (Wildman–Crippen MR) is 87.1 cm³/mol. The van der Waals surface area contributed by atoms with Crippen LogP contribution in [0.25, 0.3) is 0 Å². The minimum absolute atomic E-state index is 0.0239. The molecule has 1 N–H and O–H groups in total. The Kier molecular flexibility index (Phi) is 4.59. The lowest BCUT2D eigenvalue weighted by molar-refractivity contribution is 0.0208. The lowest BCUT2D eigenvalue weighted by atomic mass is 9.80. The van der Waals surface area contributed by atoms with E-state index in [9.17, 15) is 4.79 Å². The molecule has 5 heteroatoms. The van der Waals surface area contributed by atoms with Gasteiger partial charge >= 0.3 is 6.03 Å². The van der Waals surface area contributed by atoms with E-state index in [1.807, 2.05) is 36.1 Å². The van der Waals surface area contributed by atoms with Crippen molar-refractivity contribution in [3.05, 3.63) is 34.9 Å². The van der Waals surface area contributed by atoms with Crippen LogP contribution in [0, 0.1) is 5.41 Å². The smallest absolute Gasteiger partial charge is 0.317 e. The van der Waals surface area contributed by atoms with Gasteiger partial charge in [0.25, 0.3) is 0 Å². The van der Waals surface area contributed by atoms with Crippen LogP contribution in [0.5, 0.6) is 0 Å². The largest absolute Gasteiger partial charge is 0.381 e. The minimum atomic E-state index is -0.0440. The van der Waals surface area contributed by atoms with Gasteiger partial charge in [-0.3, -0.25) is 0 Å². The summed E-state index contributed by atoms with van der Waals surface area (Å²) in [4.78, 5) is 14.4. The molecule has 0 bridgehead atoms. The Bertz CT molecular complexity index is 543. The number of hydrogen-bond donors (Lipinski definition) is 1. The number of likely N-dealkylation sites (tertiary alicyclic amines) is 1. The third-order valence-corrected chi connectivity index (χ3v) is 5.20. The number of nitrogens with one attached hydrogen (secondary N) is 1. The molecule has 1 atom stereocenters. The van der Waals surface area contributed by atoms with Gasteiger partial charge in [0, 0.05) is 31.3 Å². The van der Waals surface area contributed by atoms with Crippen molar-refractivity contribution < 1.29 is 9.53 Å². The molecule has 0 unspecified atom stereocenters. The van der Waals surface area contributed by atoms with E-state index in [1.165, 1.54) is 0 Å². The maximum atomic E-state index is 12.5. The fraction of sp³-hybridized carbons (Fsp3) is 0.588. The van der Waals surface area contributed by atoms with Crippen LogP contribution in [-0.4, -0.2) is 37.2 Å². The first-order valence-electron chi connectivity index (χ1n) is 7.97. The van der Waals surface area contributed by atoms with E-state index in [2.05, 4.69) is 5.32 Å². The van der Waals surface area contributed by atoms with Crippen molar-refractivity contribution in [1.29, 1.82) is 0 Å². The van der Waals surface area contributed by atoms with Gasteiger partial charge in [-0.25, -0.2) is 4.79 Å². The molecule has 2 saturated heterocycles. The summed E-state index contributed by atoms with van der Waals surface area (Å²) < 4.78 is 5.45. The zero-order valence-corrected chi connectivity index (χ0v) is 13.7. The van der Waals surface area contributed by atoms with Crippen LogP contribution in [-0.2, 0) is 4.74 Å². The number of carbonyl (C=O) groups excluding carboxylic acids is 1. The second-order valence-corrected chi connectivity index (χ2v) is 6.95. The van der Waals surface area contributed by atoms with Gasteiger partial charge in [0.1, 0.15) is 0 Å². The van der Waals surface area contributed by atoms with Gasteiger partial charge in [0.05, 0.1) is 6.04 Å². The fourth-order valence-electron chi connectivity index (χ4n) is 3.46. The molecule has 22 heavy (non-hydrogen) atoms. The summed E-state index contributed by atoms with van der Waals surface area (Å²) in [6, 6.07) is 7.62. The quantitative estimate of drug-likeness (QED) is 0.903. The Balaban J connectivity index is 1.58. The molecule has 0 radical (unpaired) electrons. The average Bonchev–Trinajstić information content (AvgIpc) is 2.91. The van der Waals surface area contributed by atoms with E-state index in [1.54, 1.807) is 0 Å². The van der Waals surface area contributed by atoms with Crippen molar-refractivity contribution in [2.75, 3.05) is 26.3 Å². The van der Waals surface area contributed by atoms with Crippen LogP contribution in [0.15, 0.2) is 24.3 Å². The second kappa shape index (κ2) is 6.47. The summed E-state index contributed by atoms with van der Waals surface area (Å²) in [5, 5.41) is 3.78. The maximum Gasteiger partial charge on any atom is 0.317 e. The second-order valence-electron chi connectivity index (χ2n) is 6.51.